The Kier molecular flexibility index (Phi) is 4.41. The Morgan fingerprint density at radius 2 is 2.20 bits per heavy atom. The number of halogens is 2. The normalized spacial score (nSPS) is 10.4. The van der Waals surface area contributed by atoms with Gasteiger partial charge >= 0.3 is 6.61 Å². The Bertz CT molecular complexity index is 593. The number of nitrogens with one attached hydrogen (secondary N) is 1. The Balaban J connectivity index is 2.18. The lowest BCUT2D eigenvalue weighted by atomic mass is 10.2. The SMILES string of the molecule is COc1ccc(NC(=O)c2cnns2)cc1OC(F)F. The van der Waals surface area contributed by atoms with E-state index in [1.807, 2.05) is 0 Å². The Morgan fingerprint density at radius 1 is 1.40 bits per heavy atom. The van der Waals surface area contributed by atoms with Gasteiger partial charge in [0, 0.05) is 11.8 Å². The summed E-state index contributed by atoms with van der Waals surface area (Å²) in [6.07, 6.45) is 1.31. The predicted molar refractivity (Wildman–Crippen MR) is 67.5 cm³/mol. The van der Waals surface area contributed by atoms with Crippen molar-refractivity contribution in [3.8, 4) is 11.5 Å². The van der Waals surface area contributed by atoms with Gasteiger partial charge < -0.3 is 14.8 Å². The van der Waals surface area contributed by atoms with E-state index < -0.39 is 12.5 Å². The number of methoxy groups -OCH3 is 1. The first kappa shape index (κ1) is 14.1. The summed E-state index contributed by atoms with van der Waals surface area (Å²) in [5, 5.41) is 6.05. The van der Waals surface area contributed by atoms with Crippen LogP contribution in [0.15, 0.2) is 24.4 Å². The molecule has 1 aromatic carbocycles. The summed E-state index contributed by atoms with van der Waals surface area (Å²) >= 11 is 0.924. The van der Waals surface area contributed by atoms with Crippen LogP contribution >= 0.6 is 11.5 Å². The maximum atomic E-state index is 12.3. The van der Waals surface area contributed by atoms with Gasteiger partial charge in [0.25, 0.3) is 5.91 Å². The Labute approximate surface area is 116 Å². The zero-order chi connectivity index (χ0) is 14.5. The summed E-state index contributed by atoms with van der Waals surface area (Å²) in [6.45, 7) is -2.99. The van der Waals surface area contributed by atoms with Crippen molar-refractivity contribution in [1.82, 2.24) is 9.59 Å². The van der Waals surface area contributed by atoms with Gasteiger partial charge in [-0.2, -0.15) is 8.78 Å². The van der Waals surface area contributed by atoms with Crippen LogP contribution < -0.4 is 14.8 Å². The van der Waals surface area contributed by atoms with Gasteiger partial charge in [0.2, 0.25) is 0 Å². The van der Waals surface area contributed by atoms with Crippen LogP contribution in [-0.4, -0.2) is 29.2 Å². The third-order valence-corrected chi connectivity index (χ3v) is 2.89. The fourth-order valence-corrected chi connectivity index (χ4v) is 1.81. The summed E-state index contributed by atoms with van der Waals surface area (Å²) in [4.78, 5) is 12.1. The molecular weight excluding hydrogens is 292 g/mol. The second kappa shape index (κ2) is 6.24. The first-order valence-corrected chi connectivity index (χ1v) is 6.09. The minimum Gasteiger partial charge on any atom is -0.493 e. The number of anilines is 1. The summed E-state index contributed by atoms with van der Waals surface area (Å²) < 4.78 is 37.3. The van der Waals surface area contributed by atoms with E-state index in [2.05, 4.69) is 19.6 Å². The quantitative estimate of drug-likeness (QED) is 0.918. The van der Waals surface area contributed by atoms with Crippen LogP contribution in [0.4, 0.5) is 14.5 Å². The number of hydrogen-bond acceptors (Lipinski definition) is 6. The maximum absolute atomic E-state index is 12.3. The van der Waals surface area contributed by atoms with E-state index in [0.717, 1.165) is 11.5 Å². The van der Waals surface area contributed by atoms with Crippen molar-refractivity contribution in [2.45, 2.75) is 6.61 Å². The van der Waals surface area contributed by atoms with E-state index in [1.165, 1.54) is 31.5 Å². The number of benzene rings is 1. The smallest absolute Gasteiger partial charge is 0.387 e. The lowest BCUT2D eigenvalue weighted by Gasteiger charge is -2.11. The highest BCUT2D eigenvalue weighted by molar-refractivity contribution is 7.07. The molecule has 1 aromatic heterocycles. The molecule has 0 aliphatic rings. The highest BCUT2D eigenvalue weighted by atomic mass is 32.1. The number of ether oxygens (including phenoxy) is 2. The van der Waals surface area contributed by atoms with Gasteiger partial charge in [0.15, 0.2) is 11.5 Å². The zero-order valence-electron chi connectivity index (χ0n) is 10.2. The fourth-order valence-electron chi connectivity index (χ4n) is 1.40. The third kappa shape index (κ3) is 3.38. The van der Waals surface area contributed by atoms with E-state index in [-0.39, 0.29) is 11.5 Å². The van der Waals surface area contributed by atoms with Crippen molar-refractivity contribution in [3.63, 3.8) is 0 Å². The number of rotatable bonds is 5. The average molecular weight is 301 g/mol. The lowest BCUT2D eigenvalue weighted by molar-refractivity contribution is -0.0511. The van der Waals surface area contributed by atoms with E-state index in [4.69, 9.17) is 4.74 Å². The number of nitrogens with zero attached hydrogens (tertiary/aromatic N) is 2. The molecule has 6 nitrogen and oxygen atoms in total. The molecule has 0 radical (unpaired) electrons. The average Bonchev–Trinajstić information content (AvgIpc) is 2.92. The van der Waals surface area contributed by atoms with Crippen molar-refractivity contribution in [2.24, 2.45) is 0 Å². The van der Waals surface area contributed by atoms with Crippen molar-refractivity contribution in [3.05, 3.63) is 29.3 Å². The summed E-state index contributed by atoms with van der Waals surface area (Å²) in [7, 11) is 1.33. The lowest BCUT2D eigenvalue weighted by Crippen LogP contribution is -2.11. The molecule has 0 aliphatic heterocycles. The molecule has 1 N–H and O–H groups in total. The molecule has 106 valence electrons. The molecule has 0 saturated heterocycles. The first-order chi connectivity index (χ1) is 9.60. The highest BCUT2D eigenvalue weighted by Gasteiger charge is 2.14. The maximum Gasteiger partial charge on any atom is 0.387 e. The molecule has 9 heteroatoms. The van der Waals surface area contributed by atoms with Crippen molar-refractivity contribution in [1.29, 1.82) is 0 Å². The van der Waals surface area contributed by atoms with Crippen LogP contribution in [0.3, 0.4) is 0 Å². The van der Waals surface area contributed by atoms with Crippen molar-refractivity contribution >= 4 is 23.1 Å². The highest BCUT2D eigenvalue weighted by Crippen LogP contribution is 2.31. The van der Waals surface area contributed by atoms with Crippen molar-refractivity contribution in [2.75, 3.05) is 12.4 Å². The molecule has 20 heavy (non-hydrogen) atoms. The Hall–Kier alpha value is -2.29. The standard InChI is InChI=1S/C11H9F2N3O3S/c1-18-7-3-2-6(4-8(7)19-11(12)13)15-10(17)9-5-14-16-20-9/h2-5,11H,1H3,(H,15,17). The van der Waals surface area contributed by atoms with Gasteiger partial charge in [-0.15, -0.1) is 5.10 Å². The molecule has 0 fully saturated rings. The van der Waals surface area contributed by atoms with Crippen LogP contribution in [-0.2, 0) is 0 Å². The molecule has 0 atom stereocenters. The number of aromatic nitrogens is 2. The minimum absolute atomic E-state index is 0.141. The Morgan fingerprint density at radius 3 is 2.80 bits per heavy atom. The molecule has 0 saturated carbocycles. The first-order valence-electron chi connectivity index (χ1n) is 5.31. The molecule has 0 unspecified atom stereocenters. The van der Waals surface area contributed by atoms with E-state index >= 15 is 0 Å². The number of carbonyl (C=O) groups excluding carboxylic acids is 1. The van der Waals surface area contributed by atoms with Crippen LogP contribution in [0.5, 0.6) is 11.5 Å². The van der Waals surface area contributed by atoms with Gasteiger partial charge in [-0.3, -0.25) is 4.79 Å². The number of alkyl halides is 2. The summed E-state index contributed by atoms with van der Waals surface area (Å²) in [6, 6.07) is 4.17. The van der Waals surface area contributed by atoms with Crippen LogP contribution in [0.1, 0.15) is 9.67 Å². The topological polar surface area (TPSA) is 73.3 Å². The van der Waals surface area contributed by atoms with Gasteiger partial charge in [-0.25, -0.2) is 0 Å². The molecule has 0 aliphatic carbocycles. The molecule has 2 aromatic rings. The minimum atomic E-state index is -2.99. The molecule has 1 heterocycles. The molecule has 2 rings (SSSR count). The second-order valence-corrected chi connectivity index (χ2v) is 4.27. The fraction of sp³-hybridized carbons (Fsp3) is 0.182. The zero-order valence-corrected chi connectivity index (χ0v) is 11.0. The molecule has 1 amide bonds. The summed E-state index contributed by atoms with van der Waals surface area (Å²) in [5.41, 5.74) is 0.292. The summed E-state index contributed by atoms with van der Waals surface area (Å²) in [5.74, 6) is -0.460. The molecular formula is C11H9F2N3O3S. The van der Waals surface area contributed by atoms with Crippen LogP contribution in [0.25, 0.3) is 0 Å². The van der Waals surface area contributed by atoms with Gasteiger partial charge in [0.05, 0.1) is 13.3 Å². The second-order valence-electron chi connectivity index (χ2n) is 3.48. The number of carbonyl (C=O) groups is 1. The third-order valence-electron chi connectivity index (χ3n) is 2.22. The number of amides is 1. The molecule has 0 bridgehead atoms. The van der Waals surface area contributed by atoms with Crippen molar-refractivity contribution < 1.29 is 23.0 Å². The van der Waals surface area contributed by atoms with E-state index in [9.17, 15) is 13.6 Å². The largest absolute Gasteiger partial charge is 0.493 e. The predicted octanol–water partition coefficient (Wildman–Crippen LogP) is 2.40. The molecule has 0 spiro atoms. The van der Waals surface area contributed by atoms with E-state index in [0.29, 0.717) is 10.6 Å². The van der Waals surface area contributed by atoms with Gasteiger partial charge in [-0.05, 0) is 23.7 Å². The van der Waals surface area contributed by atoms with Gasteiger partial charge in [0.1, 0.15) is 4.88 Å². The van der Waals surface area contributed by atoms with Crippen LogP contribution in [0, 0.1) is 0 Å². The van der Waals surface area contributed by atoms with Crippen LogP contribution in [0.2, 0.25) is 0 Å². The monoisotopic (exact) mass is 301 g/mol. The number of hydrogen-bond donors (Lipinski definition) is 1. The van der Waals surface area contributed by atoms with E-state index in [1.54, 1.807) is 0 Å². The van der Waals surface area contributed by atoms with Gasteiger partial charge in [-0.1, -0.05) is 4.49 Å².